The molecule has 142 valence electrons. The van der Waals surface area contributed by atoms with Gasteiger partial charge in [0.05, 0.1) is 24.1 Å². The lowest BCUT2D eigenvalue weighted by Gasteiger charge is -2.21. The fourth-order valence-corrected chi connectivity index (χ4v) is 4.03. The molecule has 1 atom stereocenters. The van der Waals surface area contributed by atoms with Gasteiger partial charge in [-0.2, -0.15) is 0 Å². The number of sulfonamides is 1. The van der Waals surface area contributed by atoms with Crippen LogP contribution in [-0.4, -0.2) is 51.9 Å². The molecule has 0 spiro atoms. The molecule has 1 aliphatic rings. The highest BCUT2D eigenvalue weighted by Crippen LogP contribution is 2.34. The number of alkyl carbamates (subject to hydrolysis) is 1. The Labute approximate surface area is 151 Å². The minimum atomic E-state index is -3.42. The molecule has 9 nitrogen and oxygen atoms in total. The molecule has 1 N–H and O–H groups in total. The molecular formula is C16H20N2O7S. The Morgan fingerprint density at radius 2 is 1.96 bits per heavy atom. The van der Waals surface area contributed by atoms with Gasteiger partial charge < -0.3 is 9.47 Å². The van der Waals surface area contributed by atoms with Crippen molar-refractivity contribution in [2.75, 3.05) is 23.8 Å². The summed E-state index contributed by atoms with van der Waals surface area (Å²) in [5.74, 6) is -1.56. The minimum Gasteiger partial charge on any atom is -0.452 e. The Hall–Kier alpha value is -2.62. The molecule has 2 amide bonds. The Balaban J connectivity index is 2.03. The number of benzene rings is 1. The Morgan fingerprint density at radius 3 is 2.58 bits per heavy atom. The van der Waals surface area contributed by atoms with Gasteiger partial charge in [0.1, 0.15) is 0 Å². The van der Waals surface area contributed by atoms with E-state index in [1.807, 2.05) is 5.32 Å². The van der Waals surface area contributed by atoms with E-state index in [0.29, 0.717) is 17.7 Å². The van der Waals surface area contributed by atoms with E-state index >= 15 is 0 Å². The third-order valence-corrected chi connectivity index (χ3v) is 4.95. The van der Waals surface area contributed by atoms with Gasteiger partial charge in [0.15, 0.2) is 6.61 Å². The fraction of sp³-hybridized carbons (Fsp3) is 0.438. The molecule has 0 fully saturated rings. The van der Waals surface area contributed by atoms with Gasteiger partial charge in [0, 0.05) is 6.04 Å². The first-order valence-corrected chi connectivity index (χ1v) is 9.74. The summed E-state index contributed by atoms with van der Waals surface area (Å²) >= 11 is 0. The highest BCUT2D eigenvalue weighted by molar-refractivity contribution is 7.92. The number of carbonyl (C=O) groups is 3. The number of amides is 2. The van der Waals surface area contributed by atoms with Crippen molar-refractivity contribution in [1.29, 1.82) is 0 Å². The van der Waals surface area contributed by atoms with Gasteiger partial charge >= 0.3 is 12.1 Å². The zero-order valence-electron chi connectivity index (χ0n) is 14.6. The maximum absolute atomic E-state index is 12.1. The first-order chi connectivity index (χ1) is 12.1. The highest BCUT2D eigenvalue weighted by Gasteiger charge is 2.32. The zero-order chi connectivity index (χ0) is 19.5. The van der Waals surface area contributed by atoms with E-state index in [2.05, 4.69) is 4.74 Å². The standard InChI is InChI=1S/C16H20N2O7S/c1-4-24-16(21)17-14(19)9-25-15(20)11-5-6-13-12(8-11)7-10(2)18(13)26(3,22)23/h5-6,8,10H,4,7,9H2,1-3H3,(H,17,19,21)/t10-/m0/s1. The fourth-order valence-electron chi connectivity index (χ4n) is 2.77. The van der Waals surface area contributed by atoms with Crippen LogP contribution in [0.3, 0.4) is 0 Å². The van der Waals surface area contributed by atoms with Gasteiger partial charge in [-0.15, -0.1) is 0 Å². The quantitative estimate of drug-likeness (QED) is 0.747. The molecule has 0 saturated carbocycles. The number of esters is 1. The molecule has 0 aliphatic carbocycles. The average molecular weight is 384 g/mol. The van der Waals surface area contributed by atoms with Crippen LogP contribution in [0.4, 0.5) is 10.5 Å². The monoisotopic (exact) mass is 384 g/mol. The van der Waals surface area contributed by atoms with E-state index < -0.39 is 34.6 Å². The summed E-state index contributed by atoms with van der Waals surface area (Å²) in [7, 11) is -3.42. The Kier molecular flexibility index (Phi) is 5.86. The van der Waals surface area contributed by atoms with Crippen molar-refractivity contribution in [3.63, 3.8) is 0 Å². The molecule has 0 radical (unpaired) electrons. The van der Waals surface area contributed by atoms with Gasteiger partial charge in [-0.25, -0.2) is 18.0 Å². The Bertz CT molecular complexity index is 835. The molecule has 1 aromatic carbocycles. The summed E-state index contributed by atoms with van der Waals surface area (Å²) in [5, 5.41) is 1.91. The number of hydrogen-bond donors (Lipinski definition) is 1. The summed E-state index contributed by atoms with van der Waals surface area (Å²) in [6, 6.07) is 4.26. The molecule has 10 heteroatoms. The van der Waals surface area contributed by atoms with Crippen LogP contribution in [0.2, 0.25) is 0 Å². The van der Waals surface area contributed by atoms with Crippen molar-refractivity contribution in [2.45, 2.75) is 26.3 Å². The number of carbonyl (C=O) groups excluding carboxylic acids is 3. The SMILES string of the molecule is CCOC(=O)NC(=O)COC(=O)c1ccc2c(c1)C[C@H](C)N2S(C)(=O)=O. The van der Waals surface area contributed by atoms with Crippen molar-refractivity contribution in [3.8, 4) is 0 Å². The van der Waals surface area contributed by atoms with E-state index in [-0.39, 0.29) is 18.2 Å². The molecule has 0 saturated heterocycles. The van der Waals surface area contributed by atoms with Crippen molar-refractivity contribution in [2.24, 2.45) is 0 Å². The molecule has 1 aromatic rings. The van der Waals surface area contributed by atoms with Crippen LogP contribution in [0, 0.1) is 0 Å². The lowest BCUT2D eigenvalue weighted by Crippen LogP contribution is -2.34. The summed E-state index contributed by atoms with van der Waals surface area (Å²) in [6.45, 7) is 2.83. The molecule has 0 aromatic heterocycles. The zero-order valence-corrected chi connectivity index (χ0v) is 15.5. The number of hydrogen-bond acceptors (Lipinski definition) is 7. The summed E-state index contributed by atoms with van der Waals surface area (Å²) < 4.78 is 34.5. The van der Waals surface area contributed by atoms with E-state index in [0.717, 1.165) is 6.26 Å². The highest BCUT2D eigenvalue weighted by atomic mass is 32.2. The minimum absolute atomic E-state index is 0.108. The van der Waals surface area contributed by atoms with Gasteiger partial charge in [-0.3, -0.25) is 14.4 Å². The molecule has 1 aliphatic heterocycles. The van der Waals surface area contributed by atoms with Crippen molar-refractivity contribution < 1.29 is 32.3 Å². The second-order valence-electron chi connectivity index (χ2n) is 5.80. The van der Waals surface area contributed by atoms with E-state index in [1.54, 1.807) is 19.9 Å². The molecule has 2 rings (SSSR count). The molecular weight excluding hydrogens is 364 g/mol. The van der Waals surface area contributed by atoms with Crippen molar-refractivity contribution in [1.82, 2.24) is 5.32 Å². The van der Waals surface area contributed by atoms with Crippen LogP contribution in [0.5, 0.6) is 0 Å². The van der Waals surface area contributed by atoms with Crippen LogP contribution in [0.25, 0.3) is 0 Å². The average Bonchev–Trinajstić information content (AvgIpc) is 2.87. The lowest BCUT2D eigenvalue weighted by atomic mass is 10.1. The van der Waals surface area contributed by atoms with Crippen LogP contribution in [0.15, 0.2) is 18.2 Å². The van der Waals surface area contributed by atoms with E-state index in [4.69, 9.17) is 4.74 Å². The largest absolute Gasteiger partial charge is 0.452 e. The van der Waals surface area contributed by atoms with Crippen LogP contribution < -0.4 is 9.62 Å². The van der Waals surface area contributed by atoms with Crippen LogP contribution in [-0.2, 0) is 30.7 Å². The molecule has 1 heterocycles. The summed E-state index contributed by atoms with van der Waals surface area (Å²) in [4.78, 5) is 34.6. The van der Waals surface area contributed by atoms with Gasteiger partial charge in [-0.05, 0) is 44.0 Å². The third kappa shape index (κ3) is 4.51. The number of rotatable bonds is 5. The maximum Gasteiger partial charge on any atom is 0.413 e. The number of fused-ring (bicyclic) bond motifs is 1. The van der Waals surface area contributed by atoms with E-state index in [1.165, 1.54) is 16.4 Å². The Morgan fingerprint density at radius 1 is 1.27 bits per heavy atom. The third-order valence-electron chi connectivity index (χ3n) is 3.68. The van der Waals surface area contributed by atoms with Gasteiger partial charge in [0.2, 0.25) is 10.0 Å². The molecule has 0 bridgehead atoms. The number of ether oxygens (including phenoxy) is 2. The second kappa shape index (κ2) is 7.73. The lowest BCUT2D eigenvalue weighted by molar-refractivity contribution is -0.123. The topological polar surface area (TPSA) is 119 Å². The van der Waals surface area contributed by atoms with E-state index in [9.17, 15) is 22.8 Å². The molecule has 26 heavy (non-hydrogen) atoms. The second-order valence-corrected chi connectivity index (χ2v) is 7.66. The summed E-state index contributed by atoms with van der Waals surface area (Å²) in [5.41, 5.74) is 1.42. The first kappa shape index (κ1) is 19.7. The van der Waals surface area contributed by atoms with Crippen LogP contribution >= 0.6 is 0 Å². The maximum atomic E-state index is 12.1. The predicted octanol–water partition coefficient (Wildman–Crippen LogP) is 0.827. The van der Waals surface area contributed by atoms with Crippen molar-refractivity contribution >= 4 is 33.7 Å². The number of nitrogens with one attached hydrogen (secondary N) is 1. The summed E-state index contributed by atoms with van der Waals surface area (Å²) in [6.07, 6.45) is 0.677. The predicted molar refractivity (Wildman–Crippen MR) is 92.4 cm³/mol. The van der Waals surface area contributed by atoms with Gasteiger partial charge in [-0.1, -0.05) is 0 Å². The number of anilines is 1. The molecule has 0 unspecified atom stereocenters. The normalized spacial score (nSPS) is 16.0. The first-order valence-electron chi connectivity index (χ1n) is 7.89. The number of imide groups is 1. The number of nitrogens with zero attached hydrogens (tertiary/aromatic N) is 1. The van der Waals surface area contributed by atoms with Gasteiger partial charge in [0.25, 0.3) is 5.91 Å². The van der Waals surface area contributed by atoms with Crippen molar-refractivity contribution in [3.05, 3.63) is 29.3 Å². The van der Waals surface area contributed by atoms with Crippen LogP contribution in [0.1, 0.15) is 29.8 Å². The smallest absolute Gasteiger partial charge is 0.413 e.